The van der Waals surface area contributed by atoms with Crippen molar-refractivity contribution in [2.75, 3.05) is 30.0 Å². The molecule has 7 heteroatoms. The van der Waals surface area contributed by atoms with Crippen LogP contribution in [0.15, 0.2) is 48.5 Å². The number of amides is 2. The number of anilines is 1. The Labute approximate surface area is 175 Å². The van der Waals surface area contributed by atoms with E-state index in [1.807, 2.05) is 24.3 Å². The van der Waals surface area contributed by atoms with E-state index in [1.54, 1.807) is 0 Å². The number of rotatable bonds is 9. The Bertz CT molecular complexity index is 802. The molecule has 0 saturated carbocycles. The molecule has 0 aliphatic heterocycles. The number of halogens is 1. The molecule has 2 rings (SSSR count). The third kappa shape index (κ3) is 8.56. The highest BCUT2D eigenvalue weighted by Crippen LogP contribution is 2.24. The predicted molar refractivity (Wildman–Crippen MR) is 116 cm³/mol. The SMILES string of the molecule is CC(C)(C)c1ccc(OCCNC(=O)CSCC(=O)Nc2ccc(F)cc2)cc1. The van der Waals surface area contributed by atoms with Gasteiger partial charge in [0.1, 0.15) is 18.2 Å². The number of hydrogen-bond donors (Lipinski definition) is 2. The lowest BCUT2D eigenvalue weighted by Crippen LogP contribution is -2.30. The van der Waals surface area contributed by atoms with Crippen molar-refractivity contribution in [2.24, 2.45) is 0 Å². The highest BCUT2D eigenvalue weighted by Gasteiger charge is 2.13. The second kappa shape index (κ2) is 10.9. The maximum Gasteiger partial charge on any atom is 0.234 e. The van der Waals surface area contributed by atoms with Gasteiger partial charge in [-0.05, 0) is 47.4 Å². The van der Waals surface area contributed by atoms with Gasteiger partial charge in [0.2, 0.25) is 11.8 Å². The molecule has 0 unspecified atom stereocenters. The molecule has 5 nitrogen and oxygen atoms in total. The van der Waals surface area contributed by atoms with Crippen LogP contribution in [0.25, 0.3) is 0 Å². The minimum absolute atomic E-state index is 0.0973. The van der Waals surface area contributed by atoms with Gasteiger partial charge in [0.25, 0.3) is 0 Å². The van der Waals surface area contributed by atoms with Crippen molar-refractivity contribution in [3.05, 3.63) is 59.9 Å². The molecule has 2 aromatic carbocycles. The smallest absolute Gasteiger partial charge is 0.234 e. The minimum atomic E-state index is -0.361. The lowest BCUT2D eigenvalue weighted by molar-refractivity contribution is -0.118. The summed E-state index contributed by atoms with van der Waals surface area (Å²) in [5.74, 6) is 0.324. The van der Waals surface area contributed by atoms with E-state index in [1.165, 1.54) is 41.6 Å². The zero-order valence-corrected chi connectivity index (χ0v) is 17.8. The van der Waals surface area contributed by atoms with E-state index in [-0.39, 0.29) is 34.6 Å². The van der Waals surface area contributed by atoms with Crippen LogP contribution in [0.4, 0.5) is 10.1 Å². The van der Waals surface area contributed by atoms with Crippen LogP contribution in [0, 0.1) is 5.82 Å². The number of nitrogens with one attached hydrogen (secondary N) is 2. The van der Waals surface area contributed by atoms with Crippen molar-refractivity contribution in [3.8, 4) is 5.75 Å². The van der Waals surface area contributed by atoms with Crippen molar-refractivity contribution in [3.63, 3.8) is 0 Å². The van der Waals surface area contributed by atoms with E-state index in [0.717, 1.165) is 5.75 Å². The first-order valence-electron chi connectivity index (χ1n) is 9.37. The average molecular weight is 419 g/mol. The van der Waals surface area contributed by atoms with Crippen molar-refractivity contribution in [1.82, 2.24) is 5.32 Å². The molecule has 0 aromatic heterocycles. The van der Waals surface area contributed by atoms with Gasteiger partial charge in [-0.15, -0.1) is 11.8 Å². The van der Waals surface area contributed by atoms with Crippen LogP contribution < -0.4 is 15.4 Å². The summed E-state index contributed by atoms with van der Waals surface area (Å²) in [6, 6.07) is 13.5. The zero-order valence-electron chi connectivity index (χ0n) is 17.0. The molecule has 0 saturated heterocycles. The summed E-state index contributed by atoms with van der Waals surface area (Å²) in [7, 11) is 0. The number of benzene rings is 2. The van der Waals surface area contributed by atoms with Gasteiger partial charge in [-0.2, -0.15) is 0 Å². The molecule has 0 heterocycles. The van der Waals surface area contributed by atoms with Crippen LogP contribution in [0.1, 0.15) is 26.3 Å². The molecule has 0 spiro atoms. The van der Waals surface area contributed by atoms with Crippen LogP contribution in [0.5, 0.6) is 5.75 Å². The number of hydrogen-bond acceptors (Lipinski definition) is 4. The third-order valence-electron chi connectivity index (χ3n) is 4.01. The summed E-state index contributed by atoms with van der Waals surface area (Å²) in [6.07, 6.45) is 0. The summed E-state index contributed by atoms with van der Waals surface area (Å²) < 4.78 is 18.5. The average Bonchev–Trinajstić information content (AvgIpc) is 2.67. The van der Waals surface area contributed by atoms with Gasteiger partial charge in [0.15, 0.2) is 0 Å². The lowest BCUT2D eigenvalue weighted by atomic mass is 9.87. The van der Waals surface area contributed by atoms with Crippen molar-refractivity contribution in [2.45, 2.75) is 26.2 Å². The number of carbonyl (C=O) groups excluding carboxylic acids is 2. The fourth-order valence-electron chi connectivity index (χ4n) is 2.43. The van der Waals surface area contributed by atoms with E-state index in [2.05, 4.69) is 31.4 Å². The molecule has 0 aliphatic rings. The Morgan fingerprint density at radius 3 is 2.21 bits per heavy atom. The van der Waals surface area contributed by atoms with Crippen LogP contribution in [-0.2, 0) is 15.0 Å². The standard InChI is InChI=1S/C22H27FN2O3S/c1-22(2,3)16-4-10-19(11-5-16)28-13-12-24-20(26)14-29-15-21(27)25-18-8-6-17(23)7-9-18/h4-11H,12-15H2,1-3H3,(H,24,26)(H,25,27). The highest BCUT2D eigenvalue weighted by molar-refractivity contribution is 8.00. The Morgan fingerprint density at radius 2 is 1.59 bits per heavy atom. The maximum absolute atomic E-state index is 12.8. The van der Waals surface area contributed by atoms with Gasteiger partial charge in [-0.3, -0.25) is 9.59 Å². The van der Waals surface area contributed by atoms with Gasteiger partial charge in [-0.25, -0.2) is 4.39 Å². The molecule has 156 valence electrons. The Hall–Kier alpha value is -2.54. The molecular weight excluding hydrogens is 391 g/mol. The predicted octanol–water partition coefficient (Wildman–Crippen LogP) is 3.99. The number of carbonyl (C=O) groups is 2. The van der Waals surface area contributed by atoms with Gasteiger partial charge < -0.3 is 15.4 Å². The van der Waals surface area contributed by atoms with E-state index >= 15 is 0 Å². The Morgan fingerprint density at radius 1 is 0.966 bits per heavy atom. The molecule has 2 aromatic rings. The van der Waals surface area contributed by atoms with Gasteiger partial charge >= 0.3 is 0 Å². The van der Waals surface area contributed by atoms with E-state index in [4.69, 9.17) is 4.74 Å². The van der Waals surface area contributed by atoms with Gasteiger partial charge in [0.05, 0.1) is 18.1 Å². The molecule has 0 bridgehead atoms. The summed E-state index contributed by atoms with van der Waals surface area (Å²) in [5, 5.41) is 5.41. The first kappa shape index (κ1) is 22.7. The summed E-state index contributed by atoms with van der Waals surface area (Å²) in [4.78, 5) is 23.6. The highest BCUT2D eigenvalue weighted by atomic mass is 32.2. The Balaban J connectivity index is 1.57. The normalized spacial score (nSPS) is 11.0. The monoisotopic (exact) mass is 418 g/mol. The molecule has 2 N–H and O–H groups in total. The molecular formula is C22H27FN2O3S. The molecule has 0 aliphatic carbocycles. The third-order valence-corrected chi connectivity index (χ3v) is 4.94. The molecule has 0 radical (unpaired) electrons. The van der Waals surface area contributed by atoms with Crippen LogP contribution >= 0.6 is 11.8 Å². The largest absolute Gasteiger partial charge is 0.492 e. The maximum atomic E-state index is 12.8. The first-order valence-corrected chi connectivity index (χ1v) is 10.5. The van der Waals surface area contributed by atoms with Crippen LogP contribution in [-0.4, -0.2) is 36.5 Å². The lowest BCUT2D eigenvalue weighted by Gasteiger charge is -2.19. The molecule has 29 heavy (non-hydrogen) atoms. The summed E-state index contributed by atoms with van der Waals surface area (Å²) >= 11 is 1.21. The van der Waals surface area contributed by atoms with E-state index in [9.17, 15) is 14.0 Å². The molecule has 0 fully saturated rings. The zero-order chi connectivity index (χ0) is 21.3. The minimum Gasteiger partial charge on any atom is -0.492 e. The van der Waals surface area contributed by atoms with E-state index < -0.39 is 0 Å². The fourth-order valence-corrected chi connectivity index (χ4v) is 3.08. The number of ether oxygens (including phenoxy) is 1. The fraction of sp³-hybridized carbons (Fsp3) is 0.364. The van der Waals surface area contributed by atoms with Gasteiger partial charge in [-0.1, -0.05) is 32.9 Å². The second-order valence-corrected chi connectivity index (χ2v) is 8.51. The number of thioether (sulfide) groups is 1. The topological polar surface area (TPSA) is 67.4 Å². The first-order chi connectivity index (χ1) is 13.7. The van der Waals surface area contributed by atoms with Crippen molar-refractivity contribution >= 4 is 29.3 Å². The second-order valence-electron chi connectivity index (χ2n) is 7.52. The quantitative estimate of drug-likeness (QED) is 0.605. The molecule has 0 atom stereocenters. The summed E-state index contributed by atoms with van der Waals surface area (Å²) in [6.45, 7) is 7.23. The van der Waals surface area contributed by atoms with Crippen molar-refractivity contribution < 1.29 is 18.7 Å². The Kier molecular flexibility index (Phi) is 8.51. The summed E-state index contributed by atoms with van der Waals surface area (Å²) in [5.41, 5.74) is 1.85. The molecule has 2 amide bonds. The van der Waals surface area contributed by atoms with Crippen molar-refractivity contribution in [1.29, 1.82) is 0 Å². The van der Waals surface area contributed by atoms with E-state index in [0.29, 0.717) is 18.8 Å². The van der Waals surface area contributed by atoms with Gasteiger partial charge in [0, 0.05) is 5.69 Å². The van der Waals surface area contributed by atoms with Crippen LogP contribution in [0.3, 0.4) is 0 Å². The van der Waals surface area contributed by atoms with Crippen LogP contribution in [0.2, 0.25) is 0 Å².